The molecule has 0 saturated carbocycles. The standard InChI is InChI=1S/C12H18ClNO2S/c1-3-14-10(2)8-17(15,16)9-11-4-6-12(13)7-5-11/h4-7,10,14H,3,8-9H2,1-2H3. The topological polar surface area (TPSA) is 46.2 Å². The first kappa shape index (κ1) is 14.5. The lowest BCUT2D eigenvalue weighted by molar-refractivity contribution is 0.565. The Labute approximate surface area is 108 Å². The highest BCUT2D eigenvalue weighted by atomic mass is 35.5. The average molecular weight is 276 g/mol. The Bertz CT molecular complexity index is 442. The first-order valence-corrected chi connectivity index (χ1v) is 7.81. The van der Waals surface area contributed by atoms with Gasteiger partial charge in [-0.15, -0.1) is 0 Å². The second-order valence-corrected chi connectivity index (χ2v) is 6.69. The average Bonchev–Trinajstić information content (AvgIpc) is 2.20. The molecule has 0 amide bonds. The lowest BCUT2D eigenvalue weighted by atomic mass is 10.2. The summed E-state index contributed by atoms with van der Waals surface area (Å²) >= 11 is 5.75. The highest BCUT2D eigenvalue weighted by Crippen LogP contribution is 2.12. The molecule has 0 radical (unpaired) electrons. The molecule has 1 atom stereocenters. The summed E-state index contributed by atoms with van der Waals surface area (Å²) in [5.74, 6) is 0.226. The van der Waals surface area contributed by atoms with Crippen molar-refractivity contribution in [3.63, 3.8) is 0 Å². The maximum absolute atomic E-state index is 11.9. The van der Waals surface area contributed by atoms with E-state index in [9.17, 15) is 8.42 Å². The van der Waals surface area contributed by atoms with Gasteiger partial charge in [0.05, 0.1) is 11.5 Å². The lowest BCUT2D eigenvalue weighted by Crippen LogP contribution is -2.33. The third-order valence-corrected chi connectivity index (χ3v) is 4.39. The van der Waals surface area contributed by atoms with E-state index in [4.69, 9.17) is 11.6 Å². The second kappa shape index (κ2) is 6.38. The van der Waals surface area contributed by atoms with Gasteiger partial charge in [0.15, 0.2) is 9.84 Å². The van der Waals surface area contributed by atoms with Crippen LogP contribution in [0.3, 0.4) is 0 Å². The van der Waals surface area contributed by atoms with E-state index < -0.39 is 9.84 Å². The monoisotopic (exact) mass is 275 g/mol. The predicted molar refractivity (Wildman–Crippen MR) is 72.1 cm³/mol. The van der Waals surface area contributed by atoms with Crippen LogP contribution in [0.15, 0.2) is 24.3 Å². The molecule has 0 aliphatic heterocycles. The van der Waals surface area contributed by atoms with Crippen molar-refractivity contribution in [1.82, 2.24) is 5.32 Å². The number of rotatable bonds is 6. The van der Waals surface area contributed by atoms with Gasteiger partial charge in [0.1, 0.15) is 0 Å². The molecular weight excluding hydrogens is 258 g/mol. The number of hydrogen-bond donors (Lipinski definition) is 1. The van der Waals surface area contributed by atoms with Crippen LogP contribution in [0.25, 0.3) is 0 Å². The van der Waals surface area contributed by atoms with E-state index >= 15 is 0 Å². The fraction of sp³-hybridized carbons (Fsp3) is 0.500. The molecule has 0 spiro atoms. The Morgan fingerprint density at radius 3 is 2.41 bits per heavy atom. The van der Waals surface area contributed by atoms with Crippen LogP contribution in [-0.2, 0) is 15.6 Å². The number of benzene rings is 1. The van der Waals surface area contributed by atoms with Crippen molar-refractivity contribution in [2.45, 2.75) is 25.6 Å². The summed E-state index contributed by atoms with van der Waals surface area (Å²) in [6, 6.07) is 6.90. The fourth-order valence-electron chi connectivity index (χ4n) is 1.68. The molecule has 0 aliphatic rings. The van der Waals surface area contributed by atoms with E-state index in [0.717, 1.165) is 12.1 Å². The first-order valence-electron chi connectivity index (χ1n) is 5.61. The van der Waals surface area contributed by atoms with Gasteiger partial charge in [0.2, 0.25) is 0 Å². The van der Waals surface area contributed by atoms with Crippen LogP contribution in [0.1, 0.15) is 19.4 Å². The second-order valence-electron chi connectivity index (χ2n) is 4.14. The first-order chi connectivity index (χ1) is 7.93. The van der Waals surface area contributed by atoms with Crippen molar-refractivity contribution in [1.29, 1.82) is 0 Å². The third-order valence-electron chi connectivity index (χ3n) is 2.36. The molecule has 96 valence electrons. The molecule has 0 heterocycles. The molecule has 1 unspecified atom stereocenters. The predicted octanol–water partition coefficient (Wildman–Crippen LogP) is 2.25. The zero-order valence-electron chi connectivity index (χ0n) is 10.1. The van der Waals surface area contributed by atoms with Crippen LogP contribution in [0.4, 0.5) is 0 Å². The van der Waals surface area contributed by atoms with E-state index in [1.807, 2.05) is 13.8 Å². The highest BCUT2D eigenvalue weighted by Gasteiger charge is 2.15. The summed E-state index contributed by atoms with van der Waals surface area (Å²) < 4.78 is 23.8. The molecule has 0 saturated heterocycles. The third kappa shape index (κ3) is 5.52. The van der Waals surface area contributed by atoms with Crippen molar-refractivity contribution < 1.29 is 8.42 Å². The quantitative estimate of drug-likeness (QED) is 0.866. The summed E-state index contributed by atoms with van der Waals surface area (Å²) in [4.78, 5) is 0. The van der Waals surface area contributed by atoms with E-state index in [2.05, 4.69) is 5.32 Å². The summed E-state index contributed by atoms with van der Waals surface area (Å²) in [6.07, 6.45) is 0. The molecule has 1 rings (SSSR count). The summed E-state index contributed by atoms with van der Waals surface area (Å²) in [6.45, 7) is 4.61. The van der Waals surface area contributed by atoms with Gasteiger partial charge in [-0.25, -0.2) is 8.42 Å². The van der Waals surface area contributed by atoms with Crippen LogP contribution in [0.2, 0.25) is 5.02 Å². The van der Waals surface area contributed by atoms with Gasteiger partial charge in [-0.05, 0) is 31.2 Å². The highest BCUT2D eigenvalue weighted by molar-refractivity contribution is 7.90. The zero-order valence-corrected chi connectivity index (χ0v) is 11.7. The molecule has 3 nitrogen and oxygen atoms in total. The van der Waals surface area contributed by atoms with Crippen LogP contribution in [-0.4, -0.2) is 26.8 Å². The minimum absolute atomic E-state index is 0.0164. The van der Waals surface area contributed by atoms with Crippen LogP contribution in [0.5, 0.6) is 0 Å². The molecule has 5 heteroatoms. The van der Waals surface area contributed by atoms with Crippen LogP contribution < -0.4 is 5.32 Å². The molecule has 0 bridgehead atoms. The Balaban J connectivity index is 2.63. The maximum Gasteiger partial charge on any atom is 0.155 e. The molecule has 1 aromatic carbocycles. The minimum atomic E-state index is -3.07. The summed E-state index contributed by atoms with van der Waals surface area (Å²) in [7, 11) is -3.07. The van der Waals surface area contributed by atoms with Crippen LogP contribution in [0, 0.1) is 0 Å². The number of nitrogens with one attached hydrogen (secondary N) is 1. The van der Waals surface area contributed by atoms with Gasteiger partial charge < -0.3 is 5.32 Å². The lowest BCUT2D eigenvalue weighted by Gasteiger charge is -2.12. The summed E-state index contributed by atoms with van der Waals surface area (Å²) in [5, 5.41) is 3.71. The van der Waals surface area contributed by atoms with Crippen molar-refractivity contribution in [3.8, 4) is 0 Å². The molecule has 0 fully saturated rings. The van der Waals surface area contributed by atoms with Gasteiger partial charge in [0, 0.05) is 11.1 Å². The SMILES string of the molecule is CCNC(C)CS(=O)(=O)Cc1ccc(Cl)cc1. The Morgan fingerprint density at radius 2 is 1.88 bits per heavy atom. The van der Waals surface area contributed by atoms with Crippen molar-refractivity contribution in [2.24, 2.45) is 0 Å². The normalized spacial score (nSPS) is 13.6. The Hall–Kier alpha value is -0.580. The molecule has 1 aromatic rings. The van der Waals surface area contributed by atoms with Gasteiger partial charge in [-0.3, -0.25) is 0 Å². The number of hydrogen-bond acceptors (Lipinski definition) is 3. The fourth-order valence-corrected chi connectivity index (χ4v) is 3.51. The van der Waals surface area contributed by atoms with E-state index in [-0.39, 0.29) is 17.5 Å². The molecule has 0 aliphatic carbocycles. The number of sulfone groups is 1. The zero-order chi connectivity index (χ0) is 12.9. The van der Waals surface area contributed by atoms with Crippen molar-refractivity contribution in [3.05, 3.63) is 34.9 Å². The Morgan fingerprint density at radius 1 is 1.29 bits per heavy atom. The van der Waals surface area contributed by atoms with Gasteiger partial charge >= 0.3 is 0 Å². The Kier molecular flexibility index (Phi) is 5.43. The van der Waals surface area contributed by atoms with Crippen molar-refractivity contribution in [2.75, 3.05) is 12.3 Å². The van der Waals surface area contributed by atoms with Gasteiger partial charge in [-0.2, -0.15) is 0 Å². The maximum atomic E-state index is 11.9. The molecule has 17 heavy (non-hydrogen) atoms. The molecule has 1 N–H and O–H groups in total. The van der Waals surface area contributed by atoms with E-state index in [1.54, 1.807) is 24.3 Å². The molecule has 0 aromatic heterocycles. The largest absolute Gasteiger partial charge is 0.314 e. The van der Waals surface area contributed by atoms with Gasteiger partial charge in [0.25, 0.3) is 0 Å². The van der Waals surface area contributed by atoms with E-state index in [1.165, 1.54) is 0 Å². The minimum Gasteiger partial charge on any atom is -0.314 e. The van der Waals surface area contributed by atoms with Crippen molar-refractivity contribution >= 4 is 21.4 Å². The van der Waals surface area contributed by atoms with Gasteiger partial charge in [-0.1, -0.05) is 30.7 Å². The van der Waals surface area contributed by atoms with Crippen LogP contribution >= 0.6 is 11.6 Å². The number of halogens is 1. The summed E-state index contributed by atoms with van der Waals surface area (Å²) in [5.41, 5.74) is 0.776. The van der Waals surface area contributed by atoms with E-state index in [0.29, 0.717) is 5.02 Å². The smallest absolute Gasteiger partial charge is 0.155 e. The molecular formula is C12H18ClNO2S.